The molecule has 0 bridgehead atoms. The first-order valence-corrected chi connectivity index (χ1v) is 11.4. The third kappa shape index (κ3) is 4.85. The minimum atomic E-state index is -3.86. The van der Waals surface area contributed by atoms with Crippen molar-refractivity contribution in [1.29, 1.82) is 0 Å². The Morgan fingerprint density at radius 3 is 2.32 bits per heavy atom. The zero-order valence-corrected chi connectivity index (χ0v) is 18.7. The van der Waals surface area contributed by atoms with Crippen molar-refractivity contribution < 1.29 is 17.9 Å². The zero-order chi connectivity index (χ0) is 22.4. The van der Waals surface area contributed by atoms with Crippen LogP contribution >= 0.6 is 0 Å². The Morgan fingerprint density at radius 2 is 1.65 bits per heavy atom. The summed E-state index contributed by atoms with van der Waals surface area (Å²) in [6.07, 6.45) is 0. The Morgan fingerprint density at radius 1 is 1.00 bits per heavy atom. The van der Waals surface area contributed by atoms with E-state index in [1.807, 2.05) is 0 Å². The van der Waals surface area contributed by atoms with Gasteiger partial charge in [0.05, 0.1) is 41.6 Å². The maximum absolute atomic E-state index is 13.5. The smallest absolute Gasteiger partial charge is 0.261 e. The van der Waals surface area contributed by atoms with E-state index in [-0.39, 0.29) is 30.2 Å². The first-order chi connectivity index (χ1) is 14.9. The lowest BCUT2D eigenvalue weighted by Crippen LogP contribution is -2.39. The Balaban J connectivity index is 2.16. The van der Waals surface area contributed by atoms with Crippen LogP contribution in [-0.4, -0.2) is 56.3 Å². The average molecular weight is 446 g/mol. The fourth-order valence-electron chi connectivity index (χ4n) is 3.46. The van der Waals surface area contributed by atoms with E-state index in [1.54, 1.807) is 68.6 Å². The molecule has 1 aromatic heterocycles. The fourth-order valence-corrected chi connectivity index (χ4v) is 5.06. The van der Waals surface area contributed by atoms with Gasteiger partial charge in [0.15, 0.2) is 0 Å². The molecular weight excluding hydrogens is 418 g/mol. The SMILES string of the molecule is COCCN(C(C)c1nc2ccccc2c(=O)n1CCOC)S(=O)(=O)c1ccccc1. The Kier molecular flexibility index (Phi) is 7.55. The highest BCUT2D eigenvalue weighted by Crippen LogP contribution is 2.27. The molecule has 0 aliphatic heterocycles. The van der Waals surface area contributed by atoms with Gasteiger partial charge in [-0.3, -0.25) is 9.36 Å². The van der Waals surface area contributed by atoms with Gasteiger partial charge < -0.3 is 9.47 Å². The van der Waals surface area contributed by atoms with Crippen molar-refractivity contribution in [1.82, 2.24) is 13.9 Å². The molecule has 31 heavy (non-hydrogen) atoms. The van der Waals surface area contributed by atoms with Crippen LogP contribution in [0.5, 0.6) is 0 Å². The number of rotatable bonds is 10. The summed E-state index contributed by atoms with van der Waals surface area (Å²) in [6, 6.07) is 14.5. The van der Waals surface area contributed by atoms with E-state index in [9.17, 15) is 13.2 Å². The summed E-state index contributed by atoms with van der Waals surface area (Å²) in [5.74, 6) is 0.358. The maximum atomic E-state index is 13.5. The van der Waals surface area contributed by atoms with Gasteiger partial charge in [0, 0.05) is 20.8 Å². The maximum Gasteiger partial charge on any atom is 0.261 e. The summed E-state index contributed by atoms with van der Waals surface area (Å²) >= 11 is 0. The van der Waals surface area contributed by atoms with Crippen molar-refractivity contribution in [3.8, 4) is 0 Å². The molecule has 0 spiro atoms. The molecule has 1 heterocycles. The molecule has 1 unspecified atom stereocenters. The van der Waals surface area contributed by atoms with Gasteiger partial charge in [-0.05, 0) is 31.2 Å². The molecule has 0 aliphatic rings. The van der Waals surface area contributed by atoms with Gasteiger partial charge in [-0.25, -0.2) is 13.4 Å². The quantitative estimate of drug-likeness (QED) is 0.476. The number of ether oxygens (including phenoxy) is 2. The van der Waals surface area contributed by atoms with Gasteiger partial charge in [-0.2, -0.15) is 4.31 Å². The van der Waals surface area contributed by atoms with Crippen LogP contribution in [0, 0.1) is 0 Å². The van der Waals surface area contributed by atoms with E-state index >= 15 is 0 Å². The average Bonchev–Trinajstić information content (AvgIpc) is 2.79. The number of hydrogen-bond acceptors (Lipinski definition) is 6. The number of hydrogen-bond donors (Lipinski definition) is 0. The largest absolute Gasteiger partial charge is 0.383 e. The minimum absolute atomic E-state index is 0.113. The number of sulfonamides is 1. The monoisotopic (exact) mass is 445 g/mol. The van der Waals surface area contributed by atoms with Crippen molar-refractivity contribution in [2.24, 2.45) is 0 Å². The Bertz CT molecular complexity index is 1180. The number of nitrogens with zero attached hydrogens (tertiary/aromatic N) is 3. The lowest BCUT2D eigenvalue weighted by Gasteiger charge is -2.29. The highest BCUT2D eigenvalue weighted by Gasteiger charge is 2.32. The highest BCUT2D eigenvalue weighted by molar-refractivity contribution is 7.89. The first-order valence-electron chi connectivity index (χ1n) is 9.96. The molecule has 0 saturated heterocycles. The fraction of sp³-hybridized carbons (Fsp3) is 0.364. The summed E-state index contributed by atoms with van der Waals surface area (Å²) in [6.45, 7) is 2.60. The molecular formula is C22H27N3O5S. The van der Waals surface area contributed by atoms with Crippen LogP contribution in [0.2, 0.25) is 0 Å². The number of methoxy groups -OCH3 is 2. The second-order valence-corrected chi connectivity index (χ2v) is 8.92. The van der Waals surface area contributed by atoms with Crippen LogP contribution in [0.4, 0.5) is 0 Å². The summed E-state index contributed by atoms with van der Waals surface area (Å²) in [7, 11) is -0.794. The van der Waals surface area contributed by atoms with E-state index in [2.05, 4.69) is 4.98 Å². The normalized spacial score (nSPS) is 13.0. The third-order valence-corrected chi connectivity index (χ3v) is 7.07. The zero-order valence-electron chi connectivity index (χ0n) is 17.9. The number of para-hydroxylation sites is 1. The summed E-state index contributed by atoms with van der Waals surface area (Å²) < 4.78 is 40.1. The summed E-state index contributed by atoms with van der Waals surface area (Å²) in [5, 5.41) is 0.476. The first kappa shape index (κ1) is 23.1. The van der Waals surface area contributed by atoms with Gasteiger partial charge >= 0.3 is 0 Å². The molecule has 0 N–H and O–H groups in total. The highest BCUT2D eigenvalue weighted by atomic mass is 32.2. The van der Waals surface area contributed by atoms with Crippen LogP contribution in [0.3, 0.4) is 0 Å². The predicted octanol–water partition coefficient (Wildman–Crippen LogP) is 2.44. The molecule has 166 valence electrons. The molecule has 3 aromatic rings. The molecule has 0 amide bonds. The lowest BCUT2D eigenvalue weighted by atomic mass is 10.2. The summed E-state index contributed by atoms with van der Waals surface area (Å²) in [4.78, 5) is 18.0. The van der Waals surface area contributed by atoms with Crippen molar-refractivity contribution in [3.05, 3.63) is 70.8 Å². The predicted molar refractivity (Wildman–Crippen MR) is 119 cm³/mol. The van der Waals surface area contributed by atoms with E-state index < -0.39 is 16.1 Å². The Hall–Kier alpha value is -2.59. The lowest BCUT2D eigenvalue weighted by molar-refractivity contribution is 0.163. The van der Waals surface area contributed by atoms with Crippen molar-refractivity contribution >= 4 is 20.9 Å². The molecule has 8 nitrogen and oxygen atoms in total. The van der Waals surface area contributed by atoms with E-state index in [4.69, 9.17) is 9.47 Å². The van der Waals surface area contributed by atoms with Crippen LogP contribution in [0.1, 0.15) is 18.8 Å². The standard InChI is InChI=1S/C22H27N3O5S/c1-17(25(14-16-30-3)31(27,28)18-9-5-4-6-10-18)21-23-20-12-8-7-11-19(20)22(26)24(21)13-15-29-2/h4-12,17H,13-16H2,1-3H3. The van der Waals surface area contributed by atoms with E-state index in [0.29, 0.717) is 23.3 Å². The molecule has 0 radical (unpaired) electrons. The topological polar surface area (TPSA) is 90.7 Å². The van der Waals surface area contributed by atoms with Crippen LogP contribution in [0.25, 0.3) is 10.9 Å². The van der Waals surface area contributed by atoms with Gasteiger partial charge in [-0.1, -0.05) is 30.3 Å². The molecule has 0 saturated carbocycles. The molecule has 0 fully saturated rings. The second-order valence-electron chi connectivity index (χ2n) is 7.03. The van der Waals surface area contributed by atoms with Crippen LogP contribution in [-0.2, 0) is 26.0 Å². The van der Waals surface area contributed by atoms with Gasteiger partial charge in [-0.15, -0.1) is 0 Å². The summed E-state index contributed by atoms with van der Waals surface area (Å²) in [5.41, 5.74) is 0.292. The number of fused-ring (bicyclic) bond motifs is 1. The van der Waals surface area contributed by atoms with E-state index in [0.717, 1.165) is 0 Å². The molecule has 3 rings (SSSR count). The molecule has 9 heteroatoms. The van der Waals surface area contributed by atoms with Gasteiger partial charge in [0.1, 0.15) is 5.82 Å². The molecule has 2 aromatic carbocycles. The Labute approximate surface area is 182 Å². The number of aromatic nitrogens is 2. The second kappa shape index (κ2) is 10.1. The number of benzene rings is 2. The van der Waals surface area contributed by atoms with E-state index in [1.165, 1.54) is 16.0 Å². The molecule has 1 atom stereocenters. The van der Waals surface area contributed by atoms with Crippen LogP contribution in [0.15, 0.2) is 64.3 Å². The van der Waals surface area contributed by atoms with Gasteiger partial charge in [0.2, 0.25) is 10.0 Å². The third-order valence-electron chi connectivity index (χ3n) is 5.08. The van der Waals surface area contributed by atoms with Crippen molar-refractivity contribution in [2.45, 2.75) is 24.4 Å². The minimum Gasteiger partial charge on any atom is -0.383 e. The van der Waals surface area contributed by atoms with Crippen LogP contribution < -0.4 is 5.56 Å². The van der Waals surface area contributed by atoms with Crippen molar-refractivity contribution in [2.75, 3.05) is 34.0 Å². The van der Waals surface area contributed by atoms with Gasteiger partial charge in [0.25, 0.3) is 5.56 Å². The van der Waals surface area contributed by atoms with Crippen molar-refractivity contribution in [3.63, 3.8) is 0 Å². The molecule has 0 aliphatic carbocycles.